The highest BCUT2D eigenvalue weighted by atomic mass is 35.5. The van der Waals surface area contributed by atoms with Crippen LogP contribution in [0.3, 0.4) is 0 Å². The molecule has 5 heteroatoms. The van der Waals surface area contributed by atoms with Crippen molar-refractivity contribution in [3.05, 3.63) is 57.5 Å². The van der Waals surface area contributed by atoms with Crippen LogP contribution >= 0.6 is 34.8 Å². The van der Waals surface area contributed by atoms with Gasteiger partial charge in [-0.3, -0.25) is 0 Å². The van der Waals surface area contributed by atoms with Crippen LogP contribution in [0.4, 0.5) is 0 Å². The number of benzene rings is 2. The largest absolute Gasteiger partial charge is 0.493 e. The highest BCUT2D eigenvalue weighted by molar-refractivity contribution is 6.38. The molecule has 3 rings (SSSR count). The molecule has 0 N–H and O–H groups in total. The van der Waals surface area contributed by atoms with E-state index < -0.39 is 0 Å². The summed E-state index contributed by atoms with van der Waals surface area (Å²) >= 11 is 18.6. The van der Waals surface area contributed by atoms with Crippen molar-refractivity contribution in [3.8, 4) is 17.1 Å². The standard InChI is InChI=1S/C17H12Cl3O2/c1-2-21-15-9-16(11-5-3-4-6-13(11)19)22-17-12(15)7-10(18)8-14(17)20/h3-9H,2H2,1H3/q+1. The van der Waals surface area contributed by atoms with Gasteiger partial charge in [0.25, 0.3) is 0 Å². The zero-order valence-corrected chi connectivity index (χ0v) is 14.0. The van der Waals surface area contributed by atoms with E-state index >= 15 is 0 Å². The lowest BCUT2D eigenvalue weighted by atomic mass is 10.1. The van der Waals surface area contributed by atoms with Crippen molar-refractivity contribution >= 4 is 45.8 Å². The Morgan fingerprint density at radius 2 is 1.77 bits per heavy atom. The Morgan fingerprint density at radius 3 is 2.50 bits per heavy atom. The van der Waals surface area contributed by atoms with Crippen LogP contribution in [-0.4, -0.2) is 6.61 Å². The van der Waals surface area contributed by atoms with Crippen molar-refractivity contribution in [1.29, 1.82) is 0 Å². The minimum absolute atomic E-state index is 0.428. The second kappa shape index (κ2) is 6.33. The van der Waals surface area contributed by atoms with Crippen LogP contribution in [0, 0.1) is 0 Å². The number of halogens is 3. The van der Waals surface area contributed by atoms with Gasteiger partial charge in [-0.05, 0) is 31.2 Å². The SMILES string of the molecule is CCOc1cc(-c2ccccc2Cl)[o+]c2c(Cl)cc(Cl)cc12. The zero-order valence-electron chi connectivity index (χ0n) is 11.7. The lowest BCUT2D eigenvalue weighted by Gasteiger charge is -2.05. The first-order chi connectivity index (χ1) is 10.6. The number of hydrogen-bond donors (Lipinski definition) is 0. The van der Waals surface area contributed by atoms with E-state index in [1.54, 1.807) is 24.3 Å². The molecular formula is C17H12Cl3O2+. The minimum atomic E-state index is 0.428. The number of hydrogen-bond acceptors (Lipinski definition) is 1. The second-order valence-corrected chi connectivity index (χ2v) is 5.90. The van der Waals surface area contributed by atoms with Crippen LogP contribution in [0.2, 0.25) is 15.1 Å². The fraction of sp³-hybridized carbons (Fsp3) is 0.118. The van der Waals surface area contributed by atoms with Gasteiger partial charge in [0, 0.05) is 5.02 Å². The molecule has 0 unspecified atom stereocenters. The topological polar surface area (TPSA) is 20.5 Å². The quantitative estimate of drug-likeness (QED) is 0.485. The van der Waals surface area contributed by atoms with Crippen molar-refractivity contribution in [3.63, 3.8) is 0 Å². The molecule has 1 aromatic heterocycles. The maximum atomic E-state index is 6.27. The smallest absolute Gasteiger partial charge is 0.383 e. The van der Waals surface area contributed by atoms with E-state index in [1.807, 2.05) is 25.1 Å². The Morgan fingerprint density at radius 1 is 1.00 bits per heavy atom. The molecule has 22 heavy (non-hydrogen) atoms. The van der Waals surface area contributed by atoms with E-state index in [2.05, 4.69) is 0 Å². The summed E-state index contributed by atoms with van der Waals surface area (Å²) in [7, 11) is 0. The predicted octanol–water partition coefficient (Wildman–Crippen LogP) is 6.74. The summed E-state index contributed by atoms with van der Waals surface area (Å²) in [5.74, 6) is 1.24. The third kappa shape index (κ3) is 2.87. The van der Waals surface area contributed by atoms with Crippen LogP contribution in [0.25, 0.3) is 22.3 Å². The number of ether oxygens (including phenoxy) is 1. The van der Waals surface area contributed by atoms with E-state index in [9.17, 15) is 0 Å². The molecule has 0 saturated heterocycles. The molecule has 0 amide bonds. The van der Waals surface area contributed by atoms with Crippen molar-refractivity contribution in [2.45, 2.75) is 6.92 Å². The summed E-state index contributed by atoms with van der Waals surface area (Å²) in [6.45, 7) is 2.43. The van der Waals surface area contributed by atoms with Gasteiger partial charge in [0.1, 0.15) is 16.2 Å². The molecule has 0 saturated carbocycles. The van der Waals surface area contributed by atoms with E-state index in [1.165, 1.54) is 0 Å². The molecule has 0 aliphatic heterocycles. The van der Waals surface area contributed by atoms with Crippen molar-refractivity contribution in [2.24, 2.45) is 0 Å². The summed E-state index contributed by atoms with van der Waals surface area (Å²) < 4.78 is 11.7. The van der Waals surface area contributed by atoms with Gasteiger partial charge >= 0.3 is 11.3 Å². The van der Waals surface area contributed by atoms with Gasteiger partial charge in [-0.1, -0.05) is 46.9 Å². The minimum Gasteiger partial charge on any atom is -0.493 e. The Bertz CT molecular complexity index is 847. The number of fused-ring (bicyclic) bond motifs is 1. The molecule has 112 valence electrons. The van der Waals surface area contributed by atoms with Crippen LogP contribution in [0.15, 0.2) is 46.9 Å². The molecule has 2 aromatic carbocycles. The average Bonchev–Trinajstić information content (AvgIpc) is 2.48. The predicted molar refractivity (Wildman–Crippen MR) is 92.3 cm³/mol. The molecule has 0 aliphatic carbocycles. The monoisotopic (exact) mass is 353 g/mol. The molecule has 0 aliphatic rings. The highest BCUT2D eigenvalue weighted by Crippen LogP contribution is 2.39. The number of rotatable bonds is 3. The van der Waals surface area contributed by atoms with Crippen LogP contribution in [-0.2, 0) is 0 Å². The third-order valence-corrected chi connectivity index (χ3v) is 4.02. The lowest BCUT2D eigenvalue weighted by molar-refractivity contribution is 0.342. The first-order valence-corrected chi connectivity index (χ1v) is 7.87. The van der Waals surface area contributed by atoms with Crippen molar-refractivity contribution in [1.82, 2.24) is 0 Å². The zero-order chi connectivity index (χ0) is 15.7. The molecule has 0 fully saturated rings. The van der Waals surface area contributed by atoms with Gasteiger partial charge in [0.2, 0.25) is 0 Å². The summed E-state index contributed by atoms with van der Waals surface area (Å²) in [5, 5.41) is 2.28. The molecule has 3 aromatic rings. The summed E-state index contributed by atoms with van der Waals surface area (Å²) in [4.78, 5) is 0. The molecular weight excluding hydrogens is 343 g/mol. The van der Waals surface area contributed by atoms with Gasteiger partial charge in [-0.25, -0.2) is 4.42 Å². The summed E-state index contributed by atoms with van der Waals surface area (Å²) in [5.41, 5.74) is 1.30. The first-order valence-electron chi connectivity index (χ1n) is 6.73. The Hall–Kier alpha value is -1.48. The van der Waals surface area contributed by atoms with Crippen LogP contribution in [0.5, 0.6) is 5.75 Å². The van der Waals surface area contributed by atoms with Gasteiger partial charge in [-0.15, -0.1) is 0 Å². The Kier molecular flexibility index (Phi) is 4.44. The maximum absolute atomic E-state index is 6.27. The fourth-order valence-electron chi connectivity index (χ4n) is 2.25. The molecule has 0 spiro atoms. The maximum Gasteiger partial charge on any atom is 0.383 e. The molecule has 0 bridgehead atoms. The van der Waals surface area contributed by atoms with E-state index in [-0.39, 0.29) is 0 Å². The summed E-state index contributed by atoms with van der Waals surface area (Å²) in [6.07, 6.45) is 0. The normalized spacial score (nSPS) is 10.9. The van der Waals surface area contributed by atoms with Crippen LogP contribution < -0.4 is 4.74 Å². The Labute approximate surface area is 143 Å². The van der Waals surface area contributed by atoms with Gasteiger partial charge in [0.15, 0.2) is 0 Å². The van der Waals surface area contributed by atoms with Crippen LogP contribution in [0.1, 0.15) is 6.92 Å². The van der Waals surface area contributed by atoms with Gasteiger partial charge in [0.05, 0.1) is 23.3 Å². The van der Waals surface area contributed by atoms with Gasteiger partial charge < -0.3 is 4.74 Å². The molecule has 1 heterocycles. The third-order valence-electron chi connectivity index (χ3n) is 3.19. The van der Waals surface area contributed by atoms with E-state index in [4.69, 9.17) is 44.0 Å². The molecule has 2 nitrogen and oxygen atoms in total. The van der Waals surface area contributed by atoms with Crippen molar-refractivity contribution < 1.29 is 9.15 Å². The first kappa shape index (κ1) is 15.4. The average molecular weight is 355 g/mol. The molecule has 0 radical (unpaired) electrons. The second-order valence-electron chi connectivity index (χ2n) is 4.65. The summed E-state index contributed by atoms with van der Waals surface area (Å²) in [6, 6.07) is 12.7. The molecule has 0 atom stereocenters. The van der Waals surface area contributed by atoms with E-state index in [0.29, 0.717) is 38.8 Å². The van der Waals surface area contributed by atoms with Gasteiger partial charge in [-0.2, -0.15) is 0 Å². The van der Waals surface area contributed by atoms with E-state index in [0.717, 1.165) is 10.9 Å². The highest BCUT2D eigenvalue weighted by Gasteiger charge is 2.24. The lowest BCUT2D eigenvalue weighted by Crippen LogP contribution is -1.94. The fourth-order valence-corrected chi connectivity index (χ4v) is 3.01. The Balaban J connectivity index is 2.32. The van der Waals surface area contributed by atoms with Crippen molar-refractivity contribution in [2.75, 3.05) is 6.61 Å².